The zero-order valence-electron chi connectivity index (χ0n) is 9.33. The molecule has 0 spiro atoms. The van der Waals surface area contributed by atoms with E-state index in [1.807, 2.05) is 0 Å². The molecule has 0 aliphatic rings. The van der Waals surface area contributed by atoms with E-state index in [0.717, 1.165) is 0 Å². The van der Waals surface area contributed by atoms with Crippen LogP contribution < -0.4 is 0 Å². The van der Waals surface area contributed by atoms with E-state index in [-0.39, 0.29) is 6.61 Å². The summed E-state index contributed by atoms with van der Waals surface area (Å²) in [7, 11) is 0. The van der Waals surface area contributed by atoms with Crippen molar-refractivity contribution in [3.63, 3.8) is 0 Å². The number of ether oxygens (including phenoxy) is 1. The van der Waals surface area contributed by atoms with Crippen LogP contribution in [0.15, 0.2) is 24.3 Å². The van der Waals surface area contributed by atoms with Crippen molar-refractivity contribution in [2.45, 2.75) is 19.1 Å². The van der Waals surface area contributed by atoms with Gasteiger partial charge in [-0.1, -0.05) is 24.3 Å². The fourth-order valence-electron chi connectivity index (χ4n) is 1.28. The van der Waals surface area contributed by atoms with Gasteiger partial charge in [-0.2, -0.15) is 0 Å². The van der Waals surface area contributed by atoms with Crippen molar-refractivity contribution in [3.05, 3.63) is 41.2 Å². The van der Waals surface area contributed by atoms with Crippen LogP contribution >= 0.6 is 0 Å². The molecule has 0 aliphatic carbocycles. The number of aliphatic hydroxyl groups is 2. The van der Waals surface area contributed by atoms with Crippen molar-refractivity contribution in [1.82, 2.24) is 0 Å². The molecule has 0 saturated heterocycles. The number of carbonyl (C=O) groups is 1. The third-order valence-electron chi connectivity index (χ3n) is 2.19. The second-order valence-electron chi connectivity index (χ2n) is 3.35. The van der Waals surface area contributed by atoms with Gasteiger partial charge < -0.3 is 14.9 Å². The summed E-state index contributed by atoms with van der Waals surface area (Å²) in [6.45, 7) is 8.52. The molecule has 1 aromatic carbocycles. The van der Waals surface area contributed by atoms with Crippen molar-refractivity contribution in [2.75, 3.05) is 6.61 Å². The van der Waals surface area contributed by atoms with Gasteiger partial charge in [0.05, 0.1) is 13.2 Å². The summed E-state index contributed by atoms with van der Waals surface area (Å²) in [5.74, 6) is -0.866. The largest absolute Gasteiger partial charge is 0.464 e. The van der Waals surface area contributed by atoms with Crippen LogP contribution in [-0.2, 0) is 9.53 Å². The molecule has 0 aromatic heterocycles. The first kappa shape index (κ1) is 13.2. The predicted molar refractivity (Wildman–Crippen MR) is 60.3 cm³/mol. The first-order chi connectivity index (χ1) is 8.10. The van der Waals surface area contributed by atoms with Crippen molar-refractivity contribution >= 4 is 11.7 Å². The maximum atomic E-state index is 11.2. The van der Waals surface area contributed by atoms with Crippen LogP contribution in [0, 0.1) is 6.57 Å². The van der Waals surface area contributed by atoms with Gasteiger partial charge in [0.15, 0.2) is 11.8 Å². The molecule has 17 heavy (non-hydrogen) atoms. The summed E-state index contributed by atoms with van der Waals surface area (Å²) in [5.41, 5.74) is 0.782. The number of hydrogen-bond donors (Lipinski definition) is 2. The molecule has 2 atom stereocenters. The van der Waals surface area contributed by atoms with Crippen molar-refractivity contribution in [1.29, 1.82) is 0 Å². The predicted octanol–water partition coefficient (Wildman–Crippen LogP) is 1.19. The van der Waals surface area contributed by atoms with Crippen LogP contribution in [0.25, 0.3) is 4.85 Å². The lowest BCUT2D eigenvalue weighted by atomic mass is 10.0. The van der Waals surface area contributed by atoms with E-state index in [9.17, 15) is 15.0 Å². The Kier molecular flexibility index (Phi) is 4.64. The Bertz CT molecular complexity index is 421. The van der Waals surface area contributed by atoms with Crippen molar-refractivity contribution in [3.8, 4) is 0 Å². The highest BCUT2D eigenvalue weighted by Crippen LogP contribution is 2.21. The first-order valence-electron chi connectivity index (χ1n) is 5.10. The van der Waals surface area contributed by atoms with E-state index in [1.165, 1.54) is 24.3 Å². The topological polar surface area (TPSA) is 71.1 Å². The zero-order valence-corrected chi connectivity index (χ0v) is 9.33. The summed E-state index contributed by atoms with van der Waals surface area (Å²) in [5, 5.41) is 19.2. The molecule has 0 radical (unpaired) electrons. The minimum absolute atomic E-state index is 0.138. The van der Waals surface area contributed by atoms with Crippen molar-refractivity contribution in [2.24, 2.45) is 0 Å². The number of carbonyl (C=O) groups excluding carboxylic acids is 1. The maximum absolute atomic E-state index is 11.2. The van der Waals surface area contributed by atoms with Crippen molar-refractivity contribution < 1.29 is 19.7 Å². The molecular weight excluding hydrogens is 222 g/mol. The second-order valence-corrected chi connectivity index (χ2v) is 3.35. The lowest BCUT2D eigenvalue weighted by Gasteiger charge is -2.16. The van der Waals surface area contributed by atoms with Crippen LogP contribution in [0.1, 0.15) is 18.6 Å². The highest BCUT2D eigenvalue weighted by molar-refractivity contribution is 5.75. The Morgan fingerprint density at radius 3 is 2.47 bits per heavy atom. The fraction of sp³-hybridized carbons (Fsp3) is 0.333. The number of hydrogen-bond acceptors (Lipinski definition) is 4. The first-order valence-corrected chi connectivity index (χ1v) is 5.10. The molecule has 0 bridgehead atoms. The van der Waals surface area contributed by atoms with Gasteiger partial charge in [-0.05, 0) is 12.5 Å². The van der Waals surface area contributed by atoms with Crippen LogP contribution in [0.5, 0.6) is 0 Å². The summed E-state index contributed by atoms with van der Waals surface area (Å²) in [6.07, 6.45) is -2.97. The monoisotopic (exact) mass is 235 g/mol. The standard InChI is InChI=1S/C12H13NO4/c1-3-17-12(16)11(15)10(14)8-4-6-9(13-2)7-5-8/h4-7,10-11,14-15H,3H2,1H3/t10-,11+/m1/s1. The van der Waals surface area contributed by atoms with E-state index < -0.39 is 18.2 Å². The van der Waals surface area contributed by atoms with Gasteiger partial charge in [-0.15, -0.1) is 0 Å². The molecule has 2 N–H and O–H groups in total. The van der Waals surface area contributed by atoms with E-state index >= 15 is 0 Å². The molecule has 0 unspecified atom stereocenters. The molecule has 1 aromatic rings. The number of benzene rings is 1. The Labute approximate surface area is 99.1 Å². The minimum Gasteiger partial charge on any atom is -0.464 e. The summed E-state index contributed by atoms with van der Waals surface area (Å²) in [6, 6.07) is 5.98. The average molecular weight is 235 g/mol. The van der Waals surface area contributed by atoms with Gasteiger partial charge >= 0.3 is 5.97 Å². The van der Waals surface area contributed by atoms with E-state index in [2.05, 4.69) is 9.58 Å². The van der Waals surface area contributed by atoms with E-state index in [1.54, 1.807) is 6.92 Å². The quantitative estimate of drug-likeness (QED) is 0.607. The smallest absolute Gasteiger partial charge is 0.338 e. The number of rotatable bonds is 4. The van der Waals surface area contributed by atoms with Gasteiger partial charge in [-0.25, -0.2) is 9.64 Å². The molecule has 1 rings (SSSR count). The normalized spacial score (nSPS) is 13.5. The van der Waals surface area contributed by atoms with E-state index in [4.69, 9.17) is 6.57 Å². The summed E-state index contributed by atoms with van der Waals surface area (Å²) >= 11 is 0. The van der Waals surface area contributed by atoms with Crippen LogP contribution in [0.2, 0.25) is 0 Å². The van der Waals surface area contributed by atoms with Gasteiger partial charge in [0, 0.05) is 0 Å². The SMILES string of the molecule is [C-]#[N+]c1ccc([C@@H](O)[C@H](O)C(=O)OCC)cc1. The molecule has 0 amide bonds. The molecule has 5 nitrogen and oxygen atoms in total. The summed E-state index contributed by atoms with van der Waals surface area (Å²) < 4.78 is 4.59. The molecule has 0 heterocycles. The third kappa shape index (κ3) is 3.28. The maximum Gasteiger partial charge on any atom is 0.338 e. The summed E-state index contributed by atoms with van der Waals surface area (Å²) in [4.78, 5) is 14.4. The lowest BCUT2D eigenvalue weighted by Crippen LogP contribution is -2.29. The molecule has 0 fully saturated rings. The minimum atomic E-state index is -1.62. The van der Waals surface area contributed by atoms with Gasteiger partial charge in [0.1, 0.15) is 6.10 Å². The molecule has 0 saturated carbocycles. The Morgan fingerprint density at radius 1 is 1.41 bits per heavy atom. The number of esters is 1. The Hall–Kier alpha value is -1.90. The van der Waals surface area contributed by atoms with E-state index in [0.29, 0.717) is 11.3 Å². The fourth-order valence-corrected chi connectivity index (χ4v) is 1.28. The zero-order chi connectivity index (χ0) is 12.8. The molecular formula is C12H13NO4. The van der Waals surface area contributed by atoms with Crippen LogP contribution in [0.3, 0.4) is 0 Å². The Balaban J connectivity index is 2.78. The van der Waals surface area contributed by atoms with Gasteiger partial charge in [0.25, 0.3) is 0 Å². The van der Waals surface area contributed by atoms with Gasteiger partial charge in [-0.3, -0.25) is 0 Å². The lowest BCUT2D eigenvalue weighted by molar-refractivity contribution is -0.159. The third-order valence-corrected chi connectivity index (χ3v) is 2.19. The highest BCUT2D eigenvalue weighted by atomic mass is 16.5. The number of nitrogens with zero attached hydrogens (tertiary/aromatic N) is 1. The Morgan fingerprint density at radius 2 is 2.00 bits per heavy atom. The van der Waals surface area contributed by atoms with Gasteiger partial charge in [0.2, 0.25) is 0 Å². The molecule has 5 heteroatoms. The second kappa shape index (κ2) is 5.99. The van der Waals surface area contributed by atoms with Crippen LogP contribution in [-0.4, -0.2) is 28.9 Å². The number of aliphatic hydroxyl groups excluding tert-OH is 2. The van der Waals surface area contributed by atoms with Crippen LogP contribution in [0.4, 0.5) is 5.69 Å². The highest BCUT2D eigenvalue weighted by Gasteiger charge is 2.26. The average Bonchev–Trinajstić information content (AvgIpc) is 2.37. The molecule has 90 valence electrons. The molecule has 0 aliphatic heterocycles.